The van der Waals surface area contributed by atoms with Crippen LogP contribution in [-0.4, -0.2) is 27.7 Å². The molecule has 4 heteroatoms. The van der Waals surface area contributed by atoms with E-state index < -0.39 is 0 Å². The summed E-state index contributed by atoms with van der Waals surface area (Å²) in [6.45, 7) is 3.72. The third-order valence-corrected chi connectivity index (χ3v) is 6.70. The highest BCUT2D eigenvalue weighted by atomic mass is 32.2. The molecule has 0 unspecified atom stereocenters. The van der Waals surface area contributed by atoms with Gasteiger partial charge in [0.05, 0.1) is 10.5 Å². The fourth-order valence-corrected chi connectivity index (χ4v) is 5.74. The lowest BCUT2D eigenvalue weighted by Crippen LogP contribution is -2.37. The molecular weight excluding hydrogens is 252 g/mol. The Balaban J connectivity index is 1.81. The lowest BCUT2D eigenvalue weighted by atomic mass is 10.0. The standard InChI is InChI=1S/C13H20O2S2/c1-2-3-4-5-6-11-9-13(10-12(14)15-11)16-7-8-17-13/h2,11H,1,3-10H2/t11-/m0/s1. The summed E-state index contributed by atoms with van der Waals surface area (Å²) in [5.74, 6) is 2.37. The van der Waals surface area contributed by atoms with Crippen molar-refractivity contribution in [3.63, 3.8) is 0 Å². The van der Waals surface area contributed by atoms with Crippen molar-refractivity contribution in [3.05, 3.63) is 12.7 Å². The number of allylic oxidation sites excluding steroid dienone is 1. The first-order valence-electron chi connectivity index (χ1n) is 6.32. The fraction of sp³-hybridized carbons (Fsp3) is 0.769. The van der Waals surface area contributed by atoms with E-state index >= 15 is 0 Å². The molecule has 0 amide bonds. The maximum atomic E-state index is 11.7. The number of esters is 1. The zero-order valence-electron chi connectivity index (χ0n) is 10.2. The summed E-state index contributed by atoms with van der Waals surface area (Å²) in [6, 6.07) is 0. The number of carbonyl (C=O) groups excluding carboxylic acids is 1. The molecule has 2 heterocycles. The number of hydrogen-bond donors (Lipinski definition) is 0. The van der Waals surface area contributed by atoms with E-state index in [2.05, 4.69) is 6.58 Å². The second-order valence-electron chi connectivity index (χ2n) is 4.67. The third kappa shape index (κ3) is 3.68. The number of cyclic esters (lactones) is 1. The molecular formula is C13H20O2S2. The van der Waals surface area contributed by atoms with E-state index in [1.807, 2.05) is 29.6 Å². The molecule has 0 aromatic carbocycles. The monoisotopic (exact) mass is 272 g/mol. The predicted molar refractivity (Wildman–Crippen MR) is 75.4 cm³/mol. The van der Waals surface area contributed by atoms with Crippen LogP contribution < -0.4 is 0 Å². The summed E-state index contributed by atoms with van der Waals surface area (Å²) in [7, 11) is 0. The first-order chi connectivity index (χ1) is 8.24. The van der Waals surface area contributed by atoms with Crippen molar-refractivity contribution in [1.29, 1.82) is 0 Å². The van der Waals surface area contributed by atoms with Gasteiger partial charge in [-0.05, 0) is 25.7 Å². The van der Waals surface area contributed by atoms with Gasteiger partial charge in [0.15, 0.2) is 0 Å². The van der Waals surface area contributed by atoms with Crippen LogP contribution in [0.15, 0.2) is 12.7 Å². The topological polar surface area (TPSA) is 26.3 Å². The second kappa shape index (κ2) is 6.19. The van der Waals surface area contributed by atoms with Crippen molar-refractivity contribution in [2.45, 2.75) is 48.7 Å². The highest BCUT2D eigenvalue weighted by Gasteiger charge is 2.44. The van der Waals surface area contributed by atoms with Crippen LogP contribution in [0.2, 0.25) is 0 Å². The van der Waals surface area contributed by atoms with Crippen LogP contribution in [0.5, 0.6) is 0 Å². The van der Waals surface area contributed by atoms with Gasteiger partial charge in [-0.25, -0.2) is 0 Å². The first-order valence-corrected chi connectivity index (χ1v) is 8.29. The molecule has 2 rings (SSSR count). The van der Waals surface area contributed by atoms with Crippen molar-refractivity contribution in [3.8, 4) is 0 Å². The lowest BCUT2D eigenvalue weighted by Gasteiger charge is -2.35. The predicted octanol–water partition coefficient (Wildman–Crippen LogP) is 3.61. The van der Waals surface area contributed by atoms with Crippen LogP contribution >= 0.6 is 23.5 Å². The number of rotatable bonds is 5. The van der Waals surface area contributed by atoms with Gasteiger partial charge in [0, 0.05) is 17.9 Å². The van der Waals surface area contributed by atoms with Crippen LogP contribution in [0, 0.1) is 0 Å². The SMILES string of the molecule is C=CCCCC[C@H]1CC2(CC(=O)O1)SCCS2. The van der Waals surface area contributed by atoms with E-state index in [1.165, 1.54) is 11.5 Å². The van der Waals surface area contributed by atoms with Gasteiger partial charge < -0.3 is 4.74 Å². The van der Waals surface area contributed by atoms with E-state index in [0.717, 1.165) is 32.1 Å². The van der Waals surface area contributed by atoms with Gasteiger partial charge in [0.1, 0.15) is 6.10 Å². The Morgan fingerprint density at radius 1 is 1.41 bits per heavy atom. The molecule has 0 saturated carbocycles. The quantitative estimate of drug-likeness (QED) is 0.434. The van der Waals surface area contributed by atoms with Gasteiger partial charge in [-0.3, -0.25) is 4.79 Å². The molecule has 0 aliphatic carbocycles. The normalized spacial score (nSPS) is 27.1. The van der Waals surface area contributed by atoms with Crippen LogP contribution in [0.25, 0.3) is 0 Å². The largest absolute Gasteiger partial charge is 0.462 e. The molecule has 0 aromatic heterocycles. The molecule has 0 radical (unpaired) electrons. The smallest absolute Gasteiger partial charge is 0.308 e. The van der Waals surface area contributed by atoms with E-state index in [-0.39, 0.29) is 16.2 Å². The van der Waals surface area contributed by atoms with Gasteiger partial charge in [0.2, 0.25) is 0 Å². The Hall–Kier alpha value is -0.0900. The van der Waals surface area contributed by atoms with Crippen molar-refractivity contribution >= 4 is 29.5 Å². The zero-order valence-corrected chi connectivity index (χ0v) is 11.8. The first kappa shape index (κ1) is 13.3. The van der Waals surface area contributed by atoms with Crippen molar-refractivity contribution in [1.82, 2.24) is 0 Å². The second-order valence-corrected chi connectivity index (χ2v) is 7.89. The summed E-state index contributed by atoms with van der Waals surface area (Å²) in [5, 5.41) is 0. The summed E-state index contributed by atoms with van der Waals surface area (Å²) in [4.78, 5) is 11.7. The average molecular weight is 272 g/mol. The minimum absolute atomic E-state index is 0.00636. The summed E-state index contributed by atoms with van der Waals surface area (Å²) in [6.07, 6.45) is 8.13. The molecule has 2 fully saturated rings. The van der Waals surface area contributed by atoms with E-state index in [4.69, 9.17) is 4.74 Å². The molecule has 0 aromatic rings. The Bertz CT molecular complexity index is 285. The Kier molecular flexibility index (Phi) is 4.86. The molecule has 1 atom stereocenters. The minimum Gasteiger partial charge on any atom is -0.462 e. The van der Waals surface area contributed by atoms with E-state index in [1.54, 1.807) is 0 Å². The number of ether oxygens (including phenoxy) is 1. The van der Waals surface area contributed by atoms with Crippen molar-refractivity contribution < 1.29 is 9.53 Å². The Morgan fingerprint density at radius 3 is 2.88 bits per heavy atom. The molecule has 0 bridgehead atoms. The molecule has 2 saturated heterocycles. The van der Waals surface area contributed by atoms with E-state index in [9.17, 15) is 4.79 Å². The summed E-state index contributed by atoms with van der Waals surface area (Å²) >= 11 is 3.93. The van der Waals surface area contributed by atoms with E-state index in [0.29, 0.717) is 6.42 Å². The van der Waals surface area contributed by atoms with Crippen LogP contribution in [0.3, 0.4) is 0 Å². The van der Waals surface area contributed by atoms with Crippen LogP contribution in [0.4, 0.5) is 0 Å². The maximum absolute atomic E-state index is 11.7. The molecule has 96 valence electrons. The third-order valence-electron chi connectivity index (χ3n) is 3.25. The zero-order chi connectivity index (χ0) is 12.1. The number of thioether (sulfide) groups is 2. The van der Waals surface area contributed by atoms with Gasteiger partial charge in [0.25, 0.3) is 0 Å². The van der Waals surface area contributed by atoms with Crippen LogP contribution in [0.1, 0.15) is 38.5 Å². The van der Waals surface area contributed by atoms with Gasteiger partial charge >= 0.3 is 5.97 Å². The number of hydrogen-bond acceptors (Lipinski definition) is 4. The molecule has 17 heavy (non-hydrogen) atoms. The lowest BCUT2D eigenvalue weighted by molar-refractivity contribution is -0.154. The minimum atomic E-state index is 0.00636. The molecule has 2 aliphatic heterocycles. The average Bonchev–Trinajstić information content (AvgIpc) is 2.71. The molecule has 2 aliphatic rings. The van der Waals surface area contributed by atoms with Crippen LogP contribution in [-0.2, 0) is 9.53 Å². The van der Waals surface area contributed by atoms with Gasteiger partial charge in [-0.2, -0.15) is 0 Å². The van der Waals surface area contributed by atoms with Gasteiger partial charge in [-0.1, -0.05) is 6.08 Å². The van der Waals surface area contributed by atoms with Gasteiger partial charge in [-0.15, -0.1) is 30.1 Å². The Labute approximate surface area is 112 Å². The summed E-state index contributed by atoms with van der Waals surface area (Å²) < 4.78 is 5.61. The molecule has 0 N–H and O–H groups in total. The Morgan fingerprint density at radius 2 is 2.18 bits per heavy atom. The number of carbonyl (C=O) groups is 1. The maximum Gasteiger partial charge on any atom is 0.308 e. The highest BCUT2D eigenvalue weighted by molar-refractivity contribution is 8.21. The fourth-order valence-electron chi connectivity index (χ4n) is 2.45. The highest BCUT2D eigenvalue weighted by Crippen LogP contribution is 2.52. The number of unbranched alkanes of at least 4 members (excludes halogenated alkanes) is 2. The summed E-state index contributed by atoms with van der Waals surface area (Å²) in [5.41, 5.74) is 0. The molecule has 1 spiro atoms. The molecule has 2 nitrogen and oxygen atoms in total. The van der Waals surface area contributed by atoms with Crippen molar-refractivity contribution in [2.75, 3.05) is 11.5 Å². The van der Waals surface area contributed by atoms with Crippen molar-refractivity contribution in [2.24, 2.45) is 0 Å².